The Morgan fingerprint density at radius 1 is 0.961 bits per heavy atom. The second-order valence-corrected chi connectivity index (χ2v) is 18.0. The van der Waals surface area contributed by atoms with Crippen LogP contribution in [0, 0.1) is 47.3 Å². The normalized spacial score (nSPS) is 41.7. The van der Waals surface area contributed by atoms with Crippen LogP contribution < -0.4 is 0 Å². The number of ether oxygens (including phenoxy) is 3. The molecule has 1 amide bonds. The number of rotatable bonds is 6. The standard InChI is InChI=1S/C44H69NO6/c1-28-13-17-35(46)18-19-37(33-15-16-33)38(30(3)23-32-10-9-11-36(25-32)49-5)26-34-27-39(43(47)45-21-8-7-12-40(34)45)44(48)31(4)24-42(50-6)41(51-44)20-14-29(2)22-28/h13,17,28-33,36-38,40-42,48H,7-12,14-16,18-26H2,1-6H3/b17-13+. The van der Waals surface area contributed by atoms with E-state index >= 15 is 0 Å². The summed E-state index contributed by atoms with van der Waals surface area (Å²) in [7, 11) is 3.59. The van der Waals surface area contributed by atoms with Crippen molar-refractivity contribution in [1.82, 2.24) is 4.90 Å². The number of piperidine rings is 1. The molecular weight excluding hydrogens is 638 g/mol. The van der Waals surface area contributed by atoms with Gasteiger partial charge in [0.05, 0.1) is 24.4 Å². The van der Waals surface area contributed by atoms with Crippen molar-refractivity contribution in [2.24, 2.45) is 47.3 Å². The van der Waals surface area contributed by atoms with Gasteiger partial charge in [0.25, 0.3) is 5.91 Å². The fraction of sp³-hybridized carbons (Fsp3) is 0.841. The van der Waals surface area contributed by atoms with Gasteiger partial charge in [0.15, 0.2) is 5.78 Å². The first kappa shape index (κ1) is 38.9. The maximum absolute atomic E-state index is 14.5. The smallest absolute Gasteiger partial charge is 0.263 e. The topological polar surface area (TPSA) is 85.3 Å². The van der Waals surface area contributed by atoms with Crippen molar-refractivity contribution in [3.8, 4) is 0 Å². The van der Waals surface area contributed by atoms with Gasteiger partial charge in [-0.3, -0.25) is 9.59 Å². The minimum Gasteiger partial charge on any atom is -0.381 e. The molecule has 0 spiro atoms. The Hall–Kier alpha value is -1.76. The summed E-state index contributed by atoms with van der Waals surface area (Å²) in [5, 5.41) is 12.6. The molecule has 1 N–H and O–H groups in total. The van der Waals surface area contributed by atoms with Crippen molar-refractivity contribution in [2.75, 3.05) is 20.8 Å². The van der Waals surface area contributed by atoms with Crippen LogP contribution in [0.4, 0.5) is 0 Å². The lowest BCUT2D eigenvalue weighted by atomic mass is 9.68. The lowest BCUT2D eigenvalue weighted by molar-refractivity contribution is -0.285. The average molecular weight is 708 g/mol. The van der Waals surface area contributed by atoms with Crippen LogP contribution in [0.5, 0.6) is 0 Å². The summed E-state index contributed by atoms with van der Waals surface area (Å²) in [6.45, 7) is 9.64. The Kier molecular flexibility index (Phi) is 13.1. The molecular formula is C44H69NO6. The van der Waals surface area contributed by atoms with Crippen molar-refractivity contribution in [3.63, 3.8) is 0 Å². The van der Waals surface area contributed by atoms with Crippen molar-refractivity contribution in [1.29, 1.82) is 0 Å². The number of hydrogen-bond donors (Lipinski definition) is 1. The maximum Gasteiger partial charge on any atom is 0.263 e. The van der Waals surface area contributed by atoms with E-state index in [2.05, 4.69) is 37.5 Å². The molecule has 0 aromatic heterocycles. The first-order valence-corrected chi connectivity index (χ1v) is 21.0. The molecule has 4 heterocycles. The predicted molar refractivity (Wildman–Crippen MR) is 201 cm³/mol. The first-order chi connectivity index (χ1) is 24.5. The fourth-order valence-electron chi connectivity index (χ4n) is 11.0. The van der Waals surface area contributed by atoms with Crippen LogP contribution in [-0.2, 0) is 23.8 Å². The minimum atomic E-state index is -1.71. The lowest BCUT2D eigenvalue weighted by Gasteiger charge is -2.48. The van der Waals surface area contributed by atoms with E-state index in [4.69, 9.17) is 14.2 Å². The summed E-state index contributed by atoms with van der Waals surface area (Å²) < 4.78 is 18.6. The monoisotopic (exact) mass is 708 g/mol. The highest BCUT2D eigenvalue weighted by Gasteiger charge is 2.53. The number of carbonyl (C=O) groups is 2. The summed E-state index contributed by atoms with van der Waals surface area (Å²) in [6.07, 6.45) is 20.9. The van der Waals surface area contributed by atoms with E-state index in [-0.39, 0.29) is 35.9 Å². The number of nitrogens with zero attached hydrogens (tertiary/aromatic N) is 1. The molecule has 0 aromatic carbocycles. The third kappa shape index (κ3) is 9.14. The highest BCUT2D eigenvalue weighted by Crippen LogP contribution is 2.50. The molecule has 6 aliphatic rings. The maximum atomic E-state index is 14.5. The minimum absolute atomic E-state index is 0.0168. The van der Waals surface area contributed by atoms with E-state index in [1.54, 1.807) is 7.11 Å². The van der Waals surface area contributed by atoms with E-state index in [0.29, 0.717) is 72.5 Å². The largest absolute Gasteiger partial charge is 0.381 e. The summed E-state index contributed by atoms with van der Waals surface area (Å²) in [5.74, 6) is 1.42. The van der Waals surface area contributed by atoms with Crippen LogP contribution in [0.3, 0.4) is 0 Å². The zero-order chi connectivity index (χ0) is 36.3. The molecule has 51 heavy (non-hydrogen) atoms. The van der Waals surface area contributed by atoms with Gasteiger partial charge in [0, 0.05) is 33.1 Å². The Morgan fingerprint density at radius 3 is 2.51 bits per heavy atom. The number of methoxy groups -OCH3 is 2. The summed E-state index contributed by atoms with van der Waals surface area (Å²) in [5.41, 5.74) is 5.20. The van der Waals surface area contributed by atoms with E-state index in [9.17, 15) is 14.7 Å². The van der Waals surface area contributed by atoms with Crippen molar-refractivity contribution in [3.05, 3.63) is 29.0 Å². The number of allylic oxidation sites excluding steroid dienone is 2. The van der Waals surface area contributed by atoms with Crippen LogP contribution >= 0.6 is 0 Å². The molecule has 4 aliphatic heterocycles. The molecule has 12 unspecified atom stereocenters. The molecule has 7 heteroatoms. The van der Waals surface area contributed by atoms with Crippen LogP contribution in [-0.4, -0.2) is 72.6 Å². The first-order valence-electron chi connectivity index (χ1n) is 21.0. The van der Waals surface area contributed by atoms with Crippen LogP contribution in [0.15, 0.2) is 29.0 Å². The summed E-state index contributed by atoms with van der Waals surface area (Å²) in [6, 6.07) is 0.0168. The summed E-state index contributed by atoms with van der Waals surface area (Å²) in [4.78, 5) is 29.9. The quantitative estimate of drug-likeness (QED) is 0.279. The molecule has 7 nitrogen and oxygen atoms in total. The second kappa shape index (κ2) is 17.1. The van der Waals surface area contributed by atoms with Crippen molar-refractivity contribution < 1.29 is 28.9 Å². The molecule has 0 radical (unpaired) electrons. The van der Waals surface area contributed by atoms with Gasteiger partial charge in [0.1, 0.15) is 5.57 Å². The van der Waals surface area contributed by atoms with Crippen LogP contribution in [0.2, 0.25) is 0 Å². The SMILES string of the molecule is COC1CCCC(CC(C)C2CC3=C=C(C(=O)N4CCCCC34)C3(O)OC(CCC(C)CC(C)/C=C/C(=O)CCC2C2CC2)C(OC)CC3C)C1. The van der Waals surface area contributed by atoms with Gasteiger partial charge >= 0.3 is 0 Å². The van der Waals surface area contributed by atoms with E-state index in [1.165, 1.54) is 37.7 Å². The Morgan fingerprint density at radius 2 is 1.76 bits per heavy atom. The number of ketones is 1. The molecule has 12 atom stereocenters. The van der Waals surface area contributed by atoms with E-state index in [0.717, 1.165) is 64.2 Å². The van der Waals surface area contributed by atoms with Gasteiger partial charge in [-0.1, -0.05) is 46.6 Å². The fourth-order valence-corrected chi connectivity index (χ4v) is 11.0. The van der Waals surface area contributed by atoms with E-state index in [1.807, 2.05) is 20.1 Å². The van der Waals surface area contributed by atoms with Gasteiger partial charge < -0.3 is 24.2 Å². The van der Waals surface area contributed by atoms with Crippen molar-refractivity contribution in [2.45, 2.75) is 167 Å². The molecule has 2 saturated carbocycles. The molecule has 0 aromatic rings. The molecule has 2 saturated heterocycles. The summed E-state index contributed by atoms with van der Waals surface area (Å²) >= 11 is 0. The Bertz CT molecular complexity index is 1310. The lowest BCUT2D eigenvalue weighted by Crippen LogP contribution is -2.58. The number of amides is 1. The third-order valence-corrected chi connectivity index (χ3v) is 14.1. The molecule has 4 bridgehead atoms. The zero-order valence-electron chi connectivity index (χ0n) is 32.7. The Labute approximate surface area is 309 Å². The van der Waals surface area contributed by atoms with E-state index < -0.39 is 5.79 Å². The number of hydrogen-bond acceptors (Lipinski definition) is 6. The van der Waals surface area contributed by atoms with Gasteiger partial charge in [-0.15, -0.1) is 5.73 Å². The van der Waals surface area contributed by atoms with Gasteiger partial charge in [0.2, 0.25) is 5.79 Å². The number of aliphatic hydroxyl groups is 1. The van der Waals surface area contributed by atoms with Crippen LogP contribution in [0.1, 0.15) is 137 Å². The van der Waals surface area contributed by atoms with Crippen molar-refractivity contribution >= 4 is 11.7 Å². The molecule has 2 aliphatic carbocycles. The van der Waals surface area contributed by atoms with Gasteiger partial charge in [-0.2, -0.15) is 0 Å². The molecule has 286 valence electrons. The zero-order valence-corrected chi connectivity index (χ0v) is 32.7. The van der Waals surface area contributed by atoms with Gasteiger partial charge in [-0.05, 0) is 143 Å². The average Bonchev–Trinajstić information content (AvgIpc) is 3.97. The number of fused-ring (bicyclic) bond motifs is 5. The highest BCUT2D eigenvalue weighted by molar-refractivity contribution is 5.96. The Balaban J connectivity index is 1.42. The third-order valence-electron chi connectivity index (χ3n) is 14.1. The number of carbonyl (C=O) groups excluding carboxylic acids is 2. The van der Waals surface area contributed by atoms with Crippen LogP contribution in [0.25, 0.3) is 0 Å². The highest BCUT2D eigenvalue weighted by atomic mass is 16.6. The molecule has 6 rings (SSSR count). The van der Waals surface area contributed by atoms with Gasteiger partial charge in [-0.25, -0.2) is 0 Å². The molecule has 4 fully saturated rings. The predicted octanol–water partition coefficient (Wildman–Crippen LogP) is 8.59. The second-order valence-electron chi connectivity index (χ2n) is 18.0.